The van der Waals surface area contributed by atoms with Crippen molar-refractivity contribution in [3.8, 4) is 5.75 Å². The number of carbonyl (C=O) groups is 1. The van der Waals surface area contributed by atoms with Crippen molar-refractivity contribution in [1.82, 2.24) is 0 Å². The van der Waals surface area contributed by atoms with Gasteiger partial charge in [0.05, 0.1) is 18.7 Å². The van der Waals surface area contributed by atoms with E-state index >= 15 is 0 Å². The molecule has 2 N–H and O–H groups in total. The van der Waals surface area contributed by atoms with Crippen molar-refractivity contribution >= 4 is 5.78 Å². The first-order valence-corrected chi connectivity index (χ1v) is 9.90. The molecule has 0 unspecified atom stereocenters. The van der Waals surface area contributed by atoms with E-state index in [9.17, 15) is 9.90 Å². The molecule has 1 fully saturated rings. The smallest absolute Gasteiger partial charge is 0.163 e. The predicted octanol–water partition coefficient (Wildman–Crippen LogP) is 2.17. The highest BCUT2D eigenvalue weighted by Gasteiger charge is 2.24. The molecule has 2 aromatic rings. The van der Waals surface area contributed by atoms with E-state index < -0.39 is 6.10 Å². The van der Waals surface area contributed by atoms with Gasteiger partial charge in [-0.1, -0.05) is 42.5 Å². The Hall–Kier alpha value is -2.17. The number of ether oxygens (including phenoxy) is 1. The Kier molecular flexibility index (Phi) is 7.02. The zero-order valence-electron chi connectivity index (χ0n) is 16.1. The minimum atomic E-state index is -0.523. The van der Waals surface area contributed by atoms with Gasteiger partial charge in [-0.25, -0.2) is 0 Å². The van der Waals surface area contributed by atoms with E-state index in [0.29, 0.717) is 17.9 Å². The Balaban J connectivity index is 1.41. The number of quaternary nitrogens is 1. The predicted molar refractivity (Wildman–Crippen MR) is 106 cm³/mol. The summed E-state index contributed by atoms with van der Waals surface area (Å²) in [7, 11) is 0. The largest absolute Gasteiger partial charge is 0.490 e. The third kappa shape index (κ3) is 5.91. The van der Waals surface area contributed by atoms with E-state index in [4.69, 9.17) is 4.74 Å². The lowest BCUT2D eigenvalue weighted by atomic mass is 9.90. The first-order chi connectivity index (χ1) is 13.1. The van der Waals surface area contributed by atoms with Crippen molar-refractivity contribution < 1.29 is 19.5 Å². The maximum Gasteiger partial charge on any atom is 0.163 e. The van der Waals surface area contributed by atoms with Crippen LogP contribution in [0.1, 0.15) is 35.7 Å². The summed E-state index contributed by atoms with van der Waals surface area (Å²) in [5.41, 5.74) is 1.99. The van der Waals surface area contributed by atoms with E-state index in [1.807, 2.05) is 12.1 Å². The molecule has 4 heteroatoms. The highest BCUT2D eigenvalue weighted by Crippen LogP contribution is 2.19. The van der Waals surface area contributed by atoms with Crippen molar-refractivity contribution in [1.29, 1.82) is 0 Å². The number of ketones is 1. The third-order valence-electron chi connectivity index (χ3n) is 5.40. The summed E-state index contributed by atoms with van der Waals surface area (Å²) >= 11 is 0. The molecule has 1 aliphatic heterocycles. The lowest BCUT2D eigenvalue weighted by molar-refractivity contribution is -0.909. The first kappa shape index (κ1) is 19.6. The van der Waals surface area contributed by atoms with Gasteiger partial charge in [0.15, 0.2) is 5.78 Å². The van der Waals surface area contributed by atoms with Gasteiger partial charge in [-0.2, -0.15) is 0 Å². The Labute approximate surface area is 161 Å². The molecule has 0 aromatic heterocycles. The monoisotopic (exact) mass is 368 g/mol. The van der Waals surface area contributed by atoms with Crippen molar-refractivity contribution in [3.05, 3.63) is 65.7 Å². The summed E-state index contributed by atoms with van der Waals surface area (Å²) < 4.78 is 5.72. The van der Waals surface area contributed by atoms with Crippen LogP contribution < -0.4 is 9.64 Å². The molecule has 3 rings (SSSR count). The van der Waals surface area contributed by atoms with Gasteiger partial charge in [0.2, 0.25) is 0 Å². The second-order valence-corrected chi connectivity index (χ2v) is 7.60. The quantitative estimate of drug-likeness (QED) is 0.702. The van der Waals surface area contributed by atoms with E-state index in [-0.39, 0.29) is 12.4 Å². The Bertz CT molecular complexity index is 723. The van der Waals surface area contributed by atoms with Crippen LogP contribution in [0.15, 0.2) is 54.6 Å². The normalized spacial score (nSPS) is 20.8. The van der Waals surface area contributed by atoms with Gasteiger partial charge in [0.1, 0.15) is 25.0 Å². The zero-order valence-corrected chi connectivity index (χ0v) is 16.1. The fourth-order valence-electron chi connectivity index (χ4n) is 3.90. The number of likely N-dealkylation sites (tertiary alicyclic amines) is 1. The highest BCUT2D eigenvalue weighted by molar-refractivity contribution is 5.96. The van der Waals surface area contributed by atoms with Crippen LogP contribution in [0.25, 0.3) is 0 Å². The number of rotatable bonds is 8. The molecule has 1 saturated heterocycles. The van der Waals surface area contributed by atoms with Gasteiger partial charge >= 0.3 is 0 Å². The average molecular weight is 368 g/mol. The topological polar surface area (TPSA) is 51.0 Å². The second kappa shape index (κ2) is 9.67. The lowest BCUT2D eigenvalue weighted by Crippen LogP contribution is -3.14. The molecule has 1 aliphatic rings. The average Bonchev–Trinajstić information content (AvgIpc) is 2.69. The number of hydrogen-bond donors (Lipinski definition) is 2. The van der Waals surface area contributed by atoms with E-state index in [2.05, 4.69) is 30.3 Å². The fourth-order valence-corrected chi connectivity index (χ4v) is 3.90. The summed E-state index contributed by atoms with van der Waals surface area (Å²) in [6, 6.07) is 17.9. The van der Waals surface area contributed by atoms with Gasteiger partial charge in [0, 0.05) is 0 Å². The molecule has 4 nitrogen and oxygen atoms in total. The molecule has 0 radical (unpaired) electrons. The van der Waals surface area contributed by atoms with Gasteiger partial charge in [-0.3, -0.25) is 4.79 Å². The molecular formula is C23H30NO3+. The molecule has 0 aliphatic carbocycles. The molecule has 0 saturated carbocycles. The summed E-state index contributed by atoms with van der Waals surface area (Å²) in [6.45, 7) is 4.64. The molecule has 1 heterocycles. The maximum atomic E-state index is 11.6. The van der Waals surface area contributed by atoms with Crippen LogP contribution in [0.2, 0.25) is 0 Å². The van der Waals surface area contributed by atoms with E-state index in [1.165, 1.54) is 30.2 Å². The SMILES string of the molecule is CC(=O)c1ccccc1OC[C@H](O)C[NH+]1CCC(Cc2ccccc2)CC1. The van der Waals surface area contributed by atoms with Crippen LogP contribution in [0.4, 0.5) is 0 Å². The zero-order chi connectivity index (χ0) is 19.1. The van der Waals surface area contributed by atoms with Crippen LogP contribution in [0.5, 0.6) is 5.75 Å². The number of Topliss-reactive ketones (excluding diaryl/α,β-unsaturated/α-hetero) is 1. The number of para-hydroxylation sites is 1. The Morgan fingerprint density at radius 1 is 1.11 bits per heavy atom. The van der Waals surface area contributed by atoms with Crippen molar-refractivity contribution in [2.75, 3.05) is 26.2 Å². The van der Waals surface area contributed by atoms with Crippen molar-refractivity contribution in [3.63, 3.8) is 0 Å². The number of aliphatic hydroxyl groups is 1. The molecule has 0 amide bonds. The highest BCUT2D eigenvalue weighted by atomic mass is 16.5. The standard InChI is InChI=1S/C23H29NO3/c1-18(25)22-9-5-6-10-23(22)27-17-21(26)16-24-13-11-20(12-14-24)15-19-7-3-2-4-8-19/h2-10,20-21,26H,11-17H2,1H3/p+1/t21-/m1/s1. The molecule has 27 heavy (non-hydrogen) atoms. The fraction of sp³-hybridized carbons (Fsp3) is 0.435. The number of hydrogen-bond acceptors (Lipinski definition) is 3. The molecule has 0 spiro atoms. The van der Waals surface area contributed by atoms with Gasteiger partial charge in [-0.15, -0.1) is 0 Å². The summed E-state index contributed by atoms with van der Waals surface area (Å²) in [5, 5.41) is 10.4. The summed E-state index contributed by atoms with van der Waals surface area (Å²) in [6.07, 6.45) is 3.03. The van der Waals surface area contributed by atoms with Crippen LogP contribution in [-0.4, -0.2) is 43.2 Å². The van der Waals surface area contributed by atoms with Gasteiger partial charge in [0.25, 0.3) is 0 Å². The number of carbonyl (C=O) groups excluding carboxylic acids is 1. The van der Waals surface area contributed by atoms with Crippen molar-refractivity contribution in [2.45, 2.75) is 32.3 Å². The number of nitrogens with one attached hydrogen (secondary N) is 1. The van der Waals surface area contributed by atoms with Crippen LogP contribution in [-0.2, 0) is 6.42 Å². The van der Waals surface area contributed by atoms with Gasteiger partial charge < -0.3 is 14.7 Å². The minimum Gasteiger partial charge on any atom is -0.490 e. The number of piperidine rings is 1. The lowest BCUT2D eigenvalue weighted by Gasteiger charge is -2.30. The summed E-state index contributed by atoms with van der Waals surface area (Å²) in [5.74, 6) is 1.28. The number of benzene rings is 2. The third-order valence-corrected chi connectivity index (χ3v) is 5.40. The Morgan fingerprint density at radius 2 is 1.78 bits per heavy atom. The van der Waals surface area contributed by atoms with Crippen molar-refractivity contribution in [2.24, 2.45) is 5.92 Å². The minimum absolute atomic E-state index is 0.0220. The first-order valence-electron chi connectivity index (χ1n) is 9.90. The molecule has 2 aromatic carbocycles. The second-order valence-electron chi connectivity index (χ2n) is 7.60. The number of aliphatic hydroxyl groups excluding tert-OH is 1. The molecule has 0 bridgehead atoms. The maximum absolute atomic E-state index is 11.6. The molecular weight excluding hydrogens is 338 g/mol. The van der Waals surface area contributed by atoms with Crippen LogP contribution in [0, 0.1) is 5.92 Å². The summed E-state index contributed by atoms with van der Waals surface area (Å²) in [4.78, 5) is 13.1. The van der Waals surface area contributed by atoms with Crippen LogP contribution >= 0.6 is 0 Å². The molecule has 1 atom stereocenters. The Morgan fingerprint density at radius 3 is 2.48 bits per heavy atom. The van der Waals surface area contributed by atoms with Gasteiger partial charge in [-0.05, 0) is 49.8 Å². The molecule has 144 valence electrons. The van der Waals surface area contributed by atoms with E-state index in [0.717, 1.165) is 25.4 Å². The van der Waals surface area contributed by atoms with E-state index in [1.54, 1.807) is 12.1 Å². The van der Waals surface area contributed by atoms with Crippen LogP contribution in [0.3, 0.4) is 0 Å².